The van der Waals surface area contributed by atoms with Crippen LogP contribution in [-0.2, 0) is 0 Å². The minimum atomic E-state index is -0.233. The summed E-state index contributed by atoms with van der Waals surface area (Å²) in [7, 11) is 0. The van der Waals surface area contributed by atoms with Gasteiger partial charge in [0.2, 0.25) is 5.95 Å². The van der Waals surface area contributed by atoms with E-state index in [0.29, 0.717) is 11.5 Å². The van der Waals surface area contributed by atoms with Crippen LogP contribution in [0.25, 0.3) is 11.1 Å². The van der Waals surface area contributed by atoms with Gasteiger partial charge in [0.15, 0.2) is 0 Å². The van der Waals surface area contributed by atoms with Gasteiger partial charge in [0.1, 0.15) is 5.82 Å². The molecule has 1 aliphatic rings. The summed E-state index contributed by atoms with van der Waals surface area (Å²) in [5, 5.41) is 3.29. The molecule has 0 spiro atoms. The molecule has 4 nitrogen and oxygen atoms in total. The smallest absolute Gasteiger partial charge is 0.225 e. The first-order chi connectivity index (χ1) is 9.75. The van der Waals surface area contributed by atoms with Gasteiger partial charge < -0.3 is 10.2 Å². The van der Waals surface area contributed by atoms with E-state index in [2.05, 4.69) is 20.2 Å². The number of aryl methyl sites for hydroxylation is 1. The van der Waals surface area contributed by atoms with Crippen LogP contribution in [0.5, 0.6) is 0 Å². The highest BCUT2D eigenvalue weighted by molar-refractivity contribution is 5.66. The normalized spacial score (nSPS) is 15.4. The third-order valence-corrected chi connectivity index (χ3v) is 3.55. The van der Waals surface area contributed by atoms with E-state index in [1.807, 2.05) is 13.0 Å². The van der Waals surface area contributed by atoms with Crippen molar-refractivity contribution in [2.24, 2.45) is 0 Å². The van der Waals surface area contributed by atoms with E-state index in [-0.39, 0.29) is 5.82 Å². The van der Waals surface area contributed by atoms with Crippen molar-refractivity contribution in [1.29, 1.82) is 0 Å². The van der Waals surface area contributed by atoms with Crippen molar-refractivity contribution in [2.75, 3.05) is 31.1 Å². The largest absolute Gasteiger partial charge is 0.338 e. The Morgan fingerprint density at radius 1 is 1.15 bits per heavy atom. The maximum atomic E-state index is 13.9. The van der Waals surface area contributed by atoms with Crippen molar-refractivity contribution in [1.82, 2.24) is 15.3 Å². The quantitative estimate of drug-likeness (QED) is 0.908. The number of rotatable bonds is 2. The van der Waals surface area contributed by atoms with Crippen molar-refractivity contribution in [3.05, 3.63) is 42.0 Å². The van der Waals surface area contributed by atoms with Gasteiger partial charge in [-0.2, -0.15) is 0 Å². The zero-order valence-electron chi connectivity index (χ0n) is 11.4. The van der Waals surface area contributed by atoms with Crippen LogP contribution in [0.2, 0.25) is 0 Å². The fourth-order valence-electron chi connectivity index (χ4n) is 2.48. The highest BCUT2D eigenvalue weighted by Gasteiger charge is 2.14. The molecule has 0 atom stereocenters. The van der Waals surface area contributed by atoms with Crippen LogP contribution in [0.4, 0.5) is 10.3 Å². The van der Waals surface area contributed by atoms with Crippen molar-refractivity contribution < 1.29 is 4.39 Å². The standard InChI is InChI=1S/C15H17FN4/c1-11-3-2-4-13(16)14(11)12-9-18-15(19-10-12)20-7-5-17-6-8-20/h2-4,9-10,17H,5-8H2,1H3. The van der Waals surface area contributed by atoms with Gasteiger partial charge in [-0.05, 0) is 18.6 Å². The monoisotopic (exact) mass is 272 g/mol. The molecule has 1 N–H and O–H groups in total. The minimum absolute atomic E-state index is 0.233. The molecular formula is C15H17FN4. The molecule has 3 rings (SSSR count). The maximum absolute atomic E-state index is 13.9. The lowest BCUT2D eigenvalue weighted by Crippen LogP contribution is -2.44. The third-order valence-electron chi connectivity index (χ3n) is 3.55. The zero-order chi connectivity index (χ0) is 13.9. The fraction of sp³-hybridized carbons (Fsp3) is 0.333. The number of halogens is 1. The topological polar surface area (TPSA) is 41.1 Å². The zero-order valence-corrected chi connectivity index (χ0v) is 11.4. The number of hydrogen-bond donors (Lipinski definition) is 1. The van der Waals surface area contributed by atoms with Crippen molar-refractivity contribution in [3.63, 3.8) is 0 Å². The van der Waals surface area contributed by atoms with Gasteiger partial charge in [-0.1, -0.05) is 12.1 Å². The number of nitrogens with zero attached hydrogens (tertiary/aromatic N) is 3. The molecule has 1 fully saturated rings. The molecule has 20 heavy (non-hydrogen) atoms. The summed E-state index contributed by atoms with van der Waals surface area (Å²) < 4.78 is 13.9. The second kappa shape index (κ2) is 5.54. The van der Waals surface area contributed by atoms with E-state index in [1.165, 1.54) is 6.07 Å². The van der Waals surface area contributed by atoms with E-state index < -0.39 is 0 Å². The molecule has 1 saturated heterocycles. The highest BCUT2D eigenvalue weighted by atomic mass is 19.1. The Labute approximate surface area is 117 Å². The van der Waals surface area contributed by atoms with Gasteiger partial charge in [-0.3, -0.25) is 0 Å². The van der Waals surface area contributed by atoms with Crippen molar-refractivity contribution >= 4 is 5.95 Å². The Morgan fingerprint density at radius 3 is 2.50 bits per heavy atom. The third kappa shape index (κ3) is 2.49. The Morgan fingerprint density at radius 2 is 1.85 bits per heavy atom. The fourth-order valence-corrected chi connectivity index (χ4v) is 2.48. The molecule has 0 amide bonds. The Hall–Kier alpha value is -2.01. The van der Waals surface area contributed by atoms with Crippen LogP contribution in [-0.4, -0.2) is 36.1 Å². The SMILES string of the molecule is Cc1cccc(F)c1-c1cnc(N2CCNCC2)nc1. The lowest BCUT2D eigenvalue weighted by molar-refractivity contribution is 0.580. The second-order valence-electron chi connectivity index (χ2n) is 4.94. The Balaban J connectivity index is 1.89. The molecule has 2 heterocycles. The first-order valence-electron chi connectivity index (χ1n) is 6.79. The molecule has 0 radical (unpaired) electrons. The van der Waals surface area contributed by atoms with Gasteiger partial charge in [-0.25, -0.2) is 14.4 Å². The Kier molecular flexibility index (Phi) is 3.60. The summed E-state index contributed by atoms with van der Waals surface area (Å²) in [5.74, 6) is 0.479. The molecule has 5 heteroatoms. The first kappa shape index (κ1) is 13.0. The number of nitrogens with one attached hydrogen (secondary N) is 1. The van der Waals surface area contributed by atoms with E-state index in [4.69, 9.17) is 0 Å². The molecule has 1 aromatic heterocycles. The Bertz CT molecular complexity index is 571. The second-order valence-corrected chi connectivity index (χ2v) is 4.94. The van der Waals surface area contributed by atoms with E-state index >= 15 is 0 Å². The van der Waals surface area contributed by atoms with E-state index in [9.17, 15) is 4.39 Å². The summed E-state index contributed by atoms with van der Waals surface area (Å²) in [4.78, 5) is 10.9. The van der Waals surface area contributed by atoms with Crippen LogP contribution in [0.1, 0.15) is 5.56 Å². The highest BCUT2D eigenvalue weighted by Crippen LogP contribution is 2.25. The van der Waals surface area contributed by atoms with Gasteiger partial charge in [0.05, 0.1) is 0 Å². The van der Waals surface area contributed by atoms with Crippen LogP contribution >= 0.6 is 0 Å². The molecule has 2 aromatic rings. The number of piperazine rings is 1. The lowest BCUT2D eigenvalue weighted by Gasteiger charge is -2.27. The molecule has 1 aromatic carbocycles. The number of aromatic nitrogens is 2. The molecular weight excluding hydrogens is 255 g/mol. The van der Waals surface area contributed by atoms with Gasteiger partial charge in [0.25, 0.3) is 0 Å². The predicted molar refractivity (Wildman–Crippen MR) is 77.2 cm³/mol. The summed E-state index contributed by atoms with van der Waals surface area (Å²) in [6, 6.07) is 5.07. The maximum Gasteiger partial charge on any atom is 0.225 e. The van der Waals surface area contributed by atoms with E-state index in [1.54, 1.807) is 18.5 Å². The number of benzene rings is 1. The lowest BCUT2D eigenvalue weighted by atomic mass is 10.0. The summed E-state index contributed by atoms with van der Waals surface area (Å²) >= 11 is 0. The number of anilines is 1. The molecule has 0 unspecified atom stereocenters. The van der Waals surface area contributed by atoms with Crippen LogP contribution < -0.4 is 10.2 Å². The number of hydrogen-bond acceptors (Lipinski definition) is 4. The van der Waals surface area contributed by atoms with Crippen LogP contribution in [0, 0.1) is 12.7 Å². The molecule has 1 aliphatic heterocycles. The summed E-state index contributed by atoms with van der Waals surface area (Å²) in [6.45, 7) is 5.58. The average Bonchev–Trinajstić information content (AvgIpc) is 2.49. The molecule has 0 saturated carbocycles. The first-order valence-corrected chi connectivity index (χ1v) is 6.79. The molecule has 0 bridgehead atoms. The van der Waals surface area contributed by atoms with Crippen LogP contribution in [0.3, 0.4) is 0 Å². The van der Waals surface area contributed by atoms with Crippen LogP contribution in [0.15, 0.2) is 30.6 Å². The predicted octanol–water partition coefficient (Wildman–Crippen LogP) is 2.00. The molecule has 104 valence electrons. The average molecular weight is 272 g/mol. The van der Waals surface area contributed by atoms with E-state index in [0.717, 1.165) is 37.3 Å². The summed E-state index contributed by atoms with van der Waals surface area (Å²) in [6.07, 6.45) is 3.41. The van der Waals surface area contributed by atoms with Crippen molar-refractivity contribution in [3.8, 4) is 11.1 Å². The van der Waals surface area contributed by atoms with Gasteiger partial charge in [-0.15, -0.1) is 0 Å². The van der Waals surface area contributed by atoms with Crippen molar-refractivity contribution in [2.45, 2.75) is 6.92 Å². The van der Waals surface area contributed by atoms with Gasteiger partial charge in [0, 0.05) is 49.7 Å². The molecule has 0 aliphatic carbocycles. The summed E-state index contributed by atoms with van der Waals surface area (Å²) in [5.41, 5.74) is 2.20. The van der Waals surface area contributed by atoms with Gasteiger partial charge >= 0.3 is 0 Å². The minimum Gasteiger partial charge on any atom is -0.338 e.